The van der Waals surface area contributed by atoms with Gasteiger partial charge in [-0.3, -0.25) is 4.79 Å². The van der Waals surface area contributed by atoms with Crippen LogP contribution in [0.4, 0.5) is 0 Å². The van der Waals surface area contributed by atoms with Crippen molar-refractivity contribution in [2.45, 2.75) is 19.4 Å². The van der Waals surface area contributed by atoms with E-state index in [9.17, 15) is 4.79 Å². The topological polar surface area (TPSA) is 67.0 Å². The number of amides is 1. The number of hydrogen-bond acceptors (Lipinski definition) is 3. The van der Waals surface area contributed by atoms with Crippen molar-refractivity contribution in [1.82, 2.24) is 15.3 Å². The highest BCUT2D eigenvalue weighted by atomic mass is 16.5. The Bertz CT molecular complexity index is 793. The van der Waals surface area contributed by atoms with Gasteiger partial charge in [-0.15, -0.1) is 0 Å². The van der Waals surface area contributed by atoms with Gasteiger partial charge in [0.05, 0.1) is 24.5 Å². The molecule has 23 heavy (non-hydrogen) atoms. The van der Waals surface area contributed by atoms with Gasteiger partial charge in [0.1, 0.15) is 5.75 Å². The molecule has 0 unspecified atom stereocenters. The van der Waals surface area contributed by atoms with E-state index in [2.05, 4.69) is 15.3 Å². The smallest absolute Gasteiger partial charge is 0.220 e. The van der Waals surface area contributed by atoms with Crippen molar-refractivity contribution in [3.05, 3.63) is 59.9 Å². The van der Waals surface area contributed by atoms with Crippen LogP contribution in [-0.2, 0) is 17.8 Å². The van der Waals surface area contributed by atoms with Crippen molar-refractivity contribution < 1.29 is 9.53 Å². The normalized spacial score (nSPS) is 10.7. The Balaban J connectivity index is 1.48. The van der Waals surface area contributed by atoms with Crippen molar-refractivity contribution in [3.8, 4) is 5.75 Å². The summed E-state index contributed by atoms with van der Waals surface area (Å²) in [5.41, 5.74) is 4.12. The molecule has 0 radical (unpaired) electrons. The third kappa shape index (κ3) is 3.88. The van der Waals surface area contributed by atoms with E-state index in [1.54, 1.807) is 13.4 Å². The number of carbonyl (C=O) groups is 1. The number of ether oxygens (including phenoxy) is 1. The van der Waals surface area contributed by atoms with Gasteiger partial charge in [0.2, 0.25) is 5.91 Å². The monoisotopic (exact) mass is 309 g/mol. The molecule has 1 heterocycles. The first kappa shape index (κ1) is 15.1. The molecule has 0 aliphatic carbocycles. The number of benzene rings is 2. The van der Waals surface area contributed by atoms with E-state index in [1.807, 2.05) is 42.5 Å². The first-order chi connectivity index (χ1) is 11.2. The maximum atomic E-state index is 12.0. The summed E-state index contributed by atoms with van der Waals surface area (Å²) in [5.74, 6) is 0.861. The van der Waals surface area contributed by atoms with Gasteiger partial charge in [0, 0.05) is 13.0 Å². The molecule has 5 heteroatoms. The van der Waals surface area contributed by atoms with Gasteiger partial charge >= 0.3 is 0 Å². The molecule has 2 N–H and O–H groups in total. The highest BCUT2D eigenvalue weighted by Crippen LogP contribution is 2.13. The van der Waals surface area contributed by atoms with Gasteiger partial charge in [0.25, 0.3) is 0 Å². The maximum Gasteiger partial charge on any atom is 0.220 e. The van der Waals surface area contributed by atoms with Crippen LogP contribution in [0.3, 0.4) is 0 Å². The minimum absolute atomic E-state index is 0.0468. The van der Waals surface area contributed by atoms with Gasteiger partial charge < -0.3 is 15.0 Å². The second-order valence-corrected chi connectivity index (χ2v) is 5.38. The van der Waals surface area contributed by atoms with Crippen molar-refractivity contribution >= 4 is 16.9 Å². The number of nitrogens with zero attached hydrogens (tertiary/aromatic N) is 1. The molecule has 2 aromatic carbocycles. The second kappa shape index (κ2) is 6.96. The molecule has 0 spiro atoms. The van der Waals surface area contributed by atoms with Gasteiger partial charge in [-0.1, -0.05) is 18.2 Å². The molecular formula is C18H19N3O2. The molecule has 0 aliphatic heterocycles. The fourth-order valence-corrected chi connectivity index (χ4v) is 2.43. The predicted octanol–water partition coefficient (Wildman–Crippen LogP) is 2.82. The largest absolute Gasteiger partial charge is 0.497 e. The summed E-state index contributed by atoms with van der Waals surface area (Å²) < 4.78 is 5.11. The molecule has 0 saturated heterocycles. The standard InChI is InChI=1S/C18H19N3O2/c1-23-15-6-2-14(3-7-15)11-19-18(22)9-5-13-4-8-16-17(10-13)21-12-20-16/h2-4,6-8,10,12H,5,9,11H2,1H3,(H,19,22)(H,20,21). The third-order valence-electron chi connectivity index (χ3n) is 3.77. The fraction of sp³-hybridized carbons (Fsp3) is 0.222. The zero-order valence-electron chi connectivity index (χ0n) is 13.0. The molecule has 1 amide bonds. The Kier molecular flexibility index (Phi) is 4.57. The Labute approximate surface area is 134 Å². The number of methoxy groups -OCH3 is 1. The Hall–Kier alpha value is -2.82. The first-order valence-electron chi connectivity index (χ1n) is 7.56. The summed E-state index contributed by atoms with van der Waals surface area (Å²) in [7, 11) is 1.64. The van der Waals surface area contributed by atoms with Crippen LogP contribution in [0.25, 0.3) is 11.0 Å². The van der Waals surface area contributed by atoms with Crippen LogP contribution in [-0.4, -0.2) is 23.0 Å². The summed E-state index contributed by atoms with van der Waals surface area (Å²) in [5, 5.41) is 2.94. The lowest BCUT2D eigenvalue weighted by atomic mass is 10.1. The zero-order valence-corrected chi connectivity index (χ0v) is 13.0. The summed E-state index contributed by atoms with van der Waals surface area (Å²) in [6.45, 7) is 0.530. The van der Waals surface area contributed by atoms with Crippen molar-refractivity contribution in [2.24, 2.45) is 0 Å². The van der Waals surface area contributed by atoms with Gasteiger partial charge in [0.15, 0.2) is 0 Å². The van der Waals surface area contributed by atoms with Crippen LogP contribution >= 0.6 is 0 Å². The van der Waals surface area contributed by atoms with E-state index in [4.69, 9.17) is 4.74 Å². The molecule has 3 rings (SSSR count). The van der Waals surface area contributed by atoms with Crippen LogP contribution in [0.15, 0.2) is 48.8 Å². The molecule has 0 fully saturated rings. The van der Waals surface area contributed by atoms with E-state index in [0.29, 0.717) is 19.4 Å². The van der Waals surface area contributed by atoms with Crippen LogP contribution in [0.1, 0.15) is 17.5 Å². The molecule has 3 aromatic rings. The number of rotatable bonds is 6. The minimum Gasteiger partial charge on any atom is -0.497 e. The number of imidazole rings is 1. The van der Waals surface area contributed by atoms with E-state index in [1.165, 1.54) is 0 Å². The zero-order chi connectivity index (χ0) is 16.1. The molecule has 118 valence electrons. The molecule has 1 aromatic heterocycles. The van der Waals surface area contributed by atoms with Crippen LogP contribution in [0, 0.1) is 0 Å². The average Bonchev–Trinajstić information content (AvgIpc) is 3.06. The quantitative estimate of drug-likeness (QED) is 0.736. The number of H-pyrrole nitrogens is 1. The lowest BCUT2D eigenvalue weighted by molar-refractivity contribution is -0.121. The van der Waals surface area contributed by atoms with E-state index >= 15 is 0 Å². The highest BCUT2D eigenvalue weighted by Gasteiger charge is 2.04. The maximum absolute atomic E-state index is 12.0. The Morgan fingerprint density at radius 3 is 2.74 bits per heavy atom. The molecular weight excluding hydrogens is 290 g/mol. The van der Waals surface area contributed by atoms with Crippen LogP contribution < -0.4 is 10.1 Å². The number of aryl methyl sites for hydroxylation is 1. The van der Waals surface area contributed by atoms with Crippen LogP contribution in [0.5, 0.6) is 5.75 Å². The minimum atomic E-state index is 0.0468. The molecule has 0 aliphatic rings. The Morgan fingerprint density at radius 1 is 1.17 bits per heavy atom. The number of nitrogens with one attached hydrogen (secondary N) is 2. The second-order valence-electron chi connectivity index (χ2n) is 5.38. The number of aromatic nitrogens is 2. The third-order valence-corrected chi connectivity index (χ3v) is 3.77. The summed E-state index contributed by atoms with van der Waals surface area (Å²) in [6, 6.07) is 13.7. The fourth-order valence-electron chi connectivity index (χ4n) is 2.43. The lowest BCUT2D eigenvalue weighted by Gasteiger charge is -2.06. The van der Waals surface area contributed by atoms with Gasteiger partial charge in [-0.05, 0) is 41.8 Å². The number of aromatic amines is 1. The highest BCUT2D eigenvalue weighted by molar-refractivity contribution is 5.77. The molecule has 0 bridgehead atoms. The number of fused-ring (bicyclic) bond motifs is 1. The summed E-state index contributed by atoms with van der Waals surface area (Å²) >= 11 is 0. The average molecular weight is 309 g/mol. The Morgan fingerprint density at radius 2 is 1.96 bits per heavy atom. The SMILES string of the molecule is COc1ccc(CNC(=O)CCc2ccc3nc[nH]c3c2)cc1. The van der Waals surface area contributed by atoms with E-state index in [-0.39, 0.29) is 5.91 Å². The summed E-state index contributed by atoms with van der Waals surface area (Å²) in [6.07, 6.45) is 2.86. The predicted molar refractivity (Wildman–Crippen MR) is 89.3 cm³/mol. The molecule has 0 saturated carbocycles. The molecule has 0 atom stereocenters. The van der Waals surface area contributed by atoms with E-state index < -0.39 is 0 Å². The lowest BCUT2D eigenvalue weighted by Crippen LogP contribution is -2.22. The van der Waals surface area contributed by atoms with Gasteiger partial charge in [-0.2, -0.15) is 0 Å². The van der Waals surface area contributed by atoms with E-state index in [0.717, 1.165) is 27.9 Å². The number of carbonyl (C=O) groups excluding carboxylic acids is 1. The summed E-state index contributed by atoms with van der Waals surface area (Å²) in [4.78, 5) is 19.2. The van der Waals surface area contributed by atoms with Crippen molar-refractivity contribution in [2.75, 3.05) is 7.11 Å². The molecule has 5 nitrogen and oxygen atoms in total. The van der Waals surface area contributed by atoms with Crippen molar-refractivity contribution in [3.63, 3.8) is 0 Å². The van der Waals surface area contributed by atoms with Crippen LogP contribution in [0.2, 0.25) is 0 Å². The van der Waals surface area contributed by atoms with Crippen molar-refractivity contribution in [1.29, 1.82) is 0 Å². The number of hydrogen-bond donors (Lipinski definition) is 2. The van der Waals surface area contributed by atoms with Gasteiger partial charge in [-0.25, -0.2) is 4.98 Å². The first-order valence-corrected chi connectivity index (χ1v) is 7.56.